The Hall–Kier alpha value is -1.97. The SMILES string of the molecule is CN(C)C(=O)C(=O)c1ccc(C=O)cc1. The quantitative estimate of drug-likeness (QED) is 0.416. The Kier molecular flexibility index (Phi) is 3.33. The third-order valence-corrected chi connectivity index (χ3v) is 1.91. The molecule has 0 bridgehead atoms. The number of hydrogen-bond donors (Lipinski definition) is 0. The van der Waals surface area contributed by atoms with Gasteiger partial charge in [0.25, 0.3) is 5.91 Å². The van der Waals surface area contributed by atoms with Crippen molar-refractivity contribution in [2.45, 2.75) is 0 Å². The zero-order valence-corrected chi connectivity index (χ0v) is 8.56. The van der Waals surface area contributed by atoms with Gasteiger partial charge >= 0.3 is 0 Å². The number of aldehydes is 1. The molecule has 0 aliphatic heterocycles. The van der Waals surface area contributed by atoms with Gasteiger partial charge in [0.1, 0.15) is 6.29 Å². The first-order valence-electron chi connectivity index (χ1n) is 4.37. The van der Waals surface area contributed by atoms with Crippen LogP contribution < -0.4 is 0 Å². The Morgan fingerprint density at radius 3 is 2.07 bits per heavy atom. The van der Waals surface area contributed by atoms with Gasteiger partial charge in [-0.05, 0) is 0 Å². The molecule has 0 aliphatic carbocycles. The molecule has 0 fully saturated rings. The standard InChI is InChI=1S/C11H11NO3/c1-12(2)11(15)10(14)9-5-3-8(7-13)4-6-9/h3-7H,1-2H3. The van der Waals surface area contributed by atoms with Gasteiger partial charge in [-0.25, -0.2) is 0 Å². The number of likely N-dealkylation sites (N-methyl/N-ethyl adjacent to an activating group) is 1. The van der Waals surface area contributed by atoms with Gasteiger partial charge in [0.2, 0.25) is 5.78 Å². The average molecular weight is 205 g/mol. The van der Waals surface area contributed by atoms with Gasteiger partial charge in [0.05, 0.1) is 0 Å². The van der Waals surface area contributed by atoms with E-state index in [1.807, 2.05) is 0 Å². The van der Waals surface area contributed by atoms with E-state index in [1.54, 1.807) is 0 Å². The van der Waals surface area contributed by atoms with Crippen molar-refractivity contribution in [1.29, 1.82) is 0 Å². The van der Waals surface area contributed by atoms with Gasteiger partial charge in [-0.15, -0.1) is 0 Å². The number of carbonyl (C=O) groups is 3. The molecule has 0 saturated heterocycles. The summed E-state index contributed by atoms with van der Waals surface area (Å²) in [6.45, 7) is 0. The van der Waals surface area contributed by atoms with Crippen LogP contribution in [0.5, 0.6) is 0 Å². The van der Waals surface area contributed by atoms with Crippen LogP contribution in [0.15, 0.2) is 24.3 Å². The lowest BCUT2D eigenvalue weighted by Gasteiger charge is -2.08. The van der Waals surface area contributed by atoms with Crippen molar-refractivity contribution in [3.8, 4) is 0 Å². The van der Waals surface area contributed by atoms with Gasteiger partial charge < -0.3 is 4.90 Å². The van der Waals surface area contributed by atoms with Gasteiger partial charge in [0, 0.05) is 25.2 Å². The second-order valence-corrected chi connectivity index (χ2v) is 3.27. The Bertz CT molecular complexity index is 393. The van der Waals surface area contributed by atoms with Crippen molar-refractivity contribution < 1.29 is 14.4 Å². The van der Waals surface area contributed by atoms with Gasteiger partial charge in [0.15, 0.2) is 0 Å². The highest BCUT2D eigenvalue weighted by Crippen LogP contribution is 2.04. The maximum absolute atomic E-state index is 11.5. The van der Waals surface area contributed by atoms with Crippen LogP contribution >= 0.6 is 0 Å². The zero-order chi connectivity index (χ0) is 11.4. The number of Topliss-reactive ketones (excluding diaryl/α,β-unsaturated/α-hetero) is 1. The molecule has 0 aromatic heterocycles. The zero-order valence-electron chi connectivity index (χ0n) is 8.56. The summed E-state index contributed by atoms with van der Waals surface area (Å²) in [5, 5.41) is 0. The largest absolute Gasteiger partial charge is 0.342 e. The van der Waals surface area contributed by atoms with Crippen LogP contribution in [-0.4, -0.2) is 37.0 Å². The first-order valence-corrected chi connectivity index (χ1v) is 4.37. The molecule has 0 radical (unpaired) electrons. The van der Waals surface area contributed by atoms with Crippen LogP contribution in [-0.2, 0) is 4.79 Å². The fraction of sp³-hybridized carbons (Fsp3) is 0.182. The molecular formula is C11H11NO3. The normalized spacial score (nSPS) is 9.47. The molecule has 1 rings (SSSR count). The molecular weight excluding hydrogens is 194 g/mol. The number of rotatable bonds is 3. The molecule has 78 valence electrons. The van der Waals surface area contributed by atoms with E-state index < -0.39 is 11.7 Å². The summed E-state index contributed by atoms with van der Waals surface area (Å²) in [6, 6.07) is 5.94. The van der Waals surface area contributed by atoms with E-state index in [2.05, 4.69) is 0 Å². The summed E-state index contributed by atoms with van der Waals surface area (Å²) < 4.78 is 0. The number of ketones is 1. The van der Waals surface area contributed by atoms with Crippen LogP contribution in [0.3, 0.4) is 0 Å². The third-order valence-electron chi connectivity index (χ3n) is 1.91. The maximum Gasteiger partial charge on any atom is 0.294 e. The Morgan fingerprint density at radius 2 is 1.67 bits per heavy atom. The van der Waals surface area contributed by atoms with Crippen molar-refractivity contribution in [2.24, 2.45) is 0 Å². The molecule has 1 amide bonds. The molecule has 0 unspecified atom stereocenters. The number of benzene rings is 1. The average Bonchev–Trinajstić information content (AvgIpc) is 2.27. The van der Waals surface area contributed by atoms with E-state index in [-0.39, 0.29) is 0 Å². The summed E-state index contributed by atoms with van der Waals surface area (Å²) in [5.41, 5.74) is 0.767. The number of hydrogen-bond acceptors (Lipinski definition) is 3. The second-order valence-electron chi connectivity index (χ2n) is 3.27. The molecule has 1 aromatic carbocycles. The van der Waals surface area contributed by atoms with Crippen molar-refractivity contribution in [3.05, 3.63) is 35.4 Å². The Morgan fingerprint density at radius 1 is 1.13 bits per heavy atom. The van der Waals surface area contributed by atoms with Crippen LogP contribution in [0.25, 0.3) is 0 Å². The van der Waals surface area contributed by atoms with Gasteiger partial charge in [-0.2, -0.15) is 0 Å². The van der Waals surface area contributed by atoms with E-state index in [0.717, 1.165) is 0 Å². The van der Waals surface area contributed by atoms with E-state index in [9.17, 15) is 14.4 Å². The number of nitrogens with zero attached hydrogens (tertiary/aromatic N) is 1. The molecule has 4 nitrogen and oxygen atoms in total. The highest BCUT2D eigenvalue weighted by atomic mass is 16.2. The topological polar surface area (TPSA) is 54.5 Å². The van der Waals surface area contributed by atoms with Crippen LogP contribution in [0.1, 0.15) is 20.7 Å². The van der Waals surface area contributed by atoms with Crippen molar-refractivity contribution in [1.82, 2.24) is 4.90 Å². The third kappa shape index (κ3) is 2.49. The maximum atomic E-state index is 11.5. The first-order chi connectivity index (χ1) is 7.06. The van der Waals surface area contributed by atoms with Crippen LogP contribution in [0.4, 0.5) is 0 Å². The van der Waals surface area contributed by atoms with Crippen molar-refractivity contribution in [2.75, 3.05) is 14.1 Å². The fourth-order valence-electron chi connectivity index (χ4n) is 1.04. The molecule has 15 heavy (non-hydrogen) atoms. The predicted octanol–water partition coefficient (Wildman–Crippen LogP) is 0.770. The highest BCUT2D eigenvalue weighted by Gasteiger charge is 2.17. The lowest BCUT2D eigenvalue weighted by Crippen LogP contribution is -2.29. The molecule has 0 heterocycles. The molecule has 0 atom stereocenters. The molecule has 0 N–H and O–H groups in total. The van der Waals surface area contributed by atoms with Gasteiger partial charge in [-0.1, -0.05) is 24.3 Å². The van der Waals surface area contributed by atoms with E-state index >= 15 is 0 Å². The Labute approximate surface area is 87.5 Å². The first kappa shape index (κ1) is 11.1. The molecule has 0 saturated carbocycles. The smallest absolute Gasteiger partial charge is 0.294 e. The summed E-state index contributed by atoms with van der Waals surface area (Å²) in [7, 11) is 3.03. The predicted molar refractivity (Wildman–Crippen MR) is 54.9 cm³/mol. The van der Waals surface area contributed by atoms with E-state index in [1.165, 1.54) is 43.3 Å². The molecule has 1 aromatic rings. The molecule has 4 heteroatoms. The Balaban J connectivity index is 2.92. The number of carbonyl (C=O) groups excluding carboxylic acids is 3. The highest BCUT2D eigenvalue weighted by molar-refractivity contribution is 6.42. The minimum atomic E-state index is -0.575. The lowest BCUT2D eigenvalue weighted by molar-refractivity contribution is -0.124. The van der Waals surface area contributed by atoms with Crippen LogP contribution in [0.2, 0.25) is 0 Å². The fourth-order valence-corrected chi connectivity index (χ4v) is 1.04. The van der Waals surface area contributed by atoms with Crippen molar-refractivity contribution >= 4 is 18.0 Å². The van der Waals surface area contributed by atoms with Crippen LogP contribution in [0, 0.1) is 0 Å². The summed E-state index contributed by atoms with van der Waals surface area (Å²) >= 11 is 0. The molecule has 0 aliphatic rings. The van der Waals surface area contributed by atoms with Crippen molar-refractivity contribution in [3.63, 3.8) is 0 Å². The lowest BCUT2D eigenvalue weighted by atomic mass is 10.1. The second kappa shape index (κ2) is 4.50. The summed E-state index contributed by atoms with van der Waals surface area (Å²) in [6.07, 6.45) is 0.683. The summed E-state index contributed by atoms with van der Waals surface area (Å²) in [4.78, 5) is 34.4. The number of amides is 1. The minimum absolute atomic E-state index is 0.291. The monoisotopic (exact) mass is 205 g/mol. The van der Waals surface area contributed by atoms with Gasteiger partial charge in [-0.3, -0.25) is 14.4 Å². The molecule has 0 spiro atoms. The summed E-state index contributed by atoms with van der Waals surface area (Å²) in [5.74, 6) is -1.15. The minimum Gasteiger partial charge on any atom is -0.342 e. The van der Waals surface area contributed by atoms with E-state index in [4.69, 9.17) is 0 Å². The van der Waals surface area contributed by atoms with E-state index in [0.29, 0.717) is 17.4 Å².